The van der Waals surface area contributed by atoms with Crippen LogP contribution in [0, 0.1) is 5.92 Å². The molecule has 2 heterocycles. The van der Waals surface area contributed by atoms with Crippen LogP contribution in [0.1, 0.15) is 19.3 Å². The fourth-order valence-corrected chi connectivity index (χ4v) is 4.29. The minimum atomic E-state index is -0.662. The van der Waals surface area contributed by atoms with Crippen molar-refractivity contribution in [3.8, 4) is 0 Å². The van der Waals surface area contributed by atoms with Crippen LogP contribution >= 0.6 is 22.9 Å². The summed E-state index contributed by atoms with van der Waals surface area (Å²) >= 11 is 7.71. The standard InChI is InChI=1S/C17H21ClN4O3S/c18-12-1-2-13-14(9-12)26-16(21-13)22-7-4-11(5-8-22)3-6-20-17(24)25-10-15(19)23/h1-2,9,11H,3-8,10H2,(H2,19,23)(H,20,24). The van der Waals surface area contributed by atoms with Crippen LogP contribution in [-0.2, 0) is 9.53 Å². The van der Waals surface area contributed by atoms with Crippen molar-refractivity contribution in [2.45, 2.75) is 19.3 Å². The van der Waals surface area contributed by atoms with E-state index in [1.807, 2.05) is 18.2 Å². The van der Waals surface area contributed by atoms with E-state index in [1.54, 1.807) is 11.3 Å². The summed E-state index contributed by atoms with van der Waals surface area (Å²) in [5, 5.41) is 4.41. The molecule has 0 saturated carbocycles. The molecule has 3 N–H and O–H groups in total. The van der Waals surface area contributed by atoms with Crippen LogP contribution in [0.4, 0.5) is 9.93 Å². The second-order valence-corrected chi connectivity index (χ2v) is 7.74. The Bertz CT molecular complexity index is 789. The number of hydrogen-bond donors (Lipinski definition) is 2. The van der Waals surface area contributed by atoms with Gasteiger partial charge in [-0.2, -0.15) is 0 Å². The number of anilines is 1. The van der Waals surface area contributed by atoms with Gasteiger partial charge in [0.2, 0.25) is 0 Å². The topological polar surface area (TPSA) is 97.6 Å². The molecule has 7 nitrogen and oxygen atoms in total. The molecule has 2 amide bonds. The lowest BCUT2D eigenvalue weighted by Crippen LogP contribution is -2.35. The number of halogens is 1. The van der Waals surface area contributed by atoms with Gasteiger partial charge in [0.05, 0.1) is 10.2 Å². The third kappa shape index (κ3) is 4.98. The number of alkyl carbamates (subject to hydrolysis) is 1. The molecular weight excluding hydrogens is 376 g/mol. The van der Waals surface area contributed by atoms with Gasteiger partial charge in [0, 0.05) is 24.7 Å². The predicted octanol–water partition coefficient (Wildman–Crippen LogP) is 2.77. The molecule has 0 radical (unpaired) electrons. The summed E-state index contributed by atoms with van der Waals surface area (Å²) in [6, 6.07) is 5.77. The predicted molar refractivity (Wildman–Crippen MR) is 103 cm³/mol. The molecule has 0 atom stereocenters. The number of primary amides is 1. The van der Waals surface area contributed by atoms with E-state index in [9.17, 15) is 9.59 Å². The molecule has 1 fully saturated rings. The van der Waals surface area contributed by atoms with Crippen LogP contribution in [0.5, 0.6) is 0 Å². The Labute approximate surface area is 160 Å². The summed E-state index contributed by atoms with van der Waals surface area (Å²) in [5.74, 6) is -0.115. The zero-order chi connectivity index (χ0) is 18.5. The Kier molecular flexibility index (Phi) is 6.16. The lowest BCUT2D eigenvalue weighted by atomic mass is 9.94. The average molecular weight is 397 g/mol. The number of nitrogens with one attached hydrogen (secondary N) is 1. The molecule has 9 heteroatoms. The molecule has 3 rings (SSSR count). The third-order valence-corrected chi connectivity index (χ3v) is 5.71. The van der Waals surface area contributed by atoms with Crippen LogP contribution in [0.15, 0.2) is 18.2 Å². The number of rotatable bonds is 6. The highest BCUT2D eigenvalue weighted by Gasteiger charge is 2.21. The number of benzene rings is 1. The first-order chi connectivity index (χ1) is 12.5. The summed E-state index contributed by atoms with van der Waals surface area (Å²) in [7, 11) is 0. The van der Waals surface area contributed by atoms with Crippen molar-refractivity contribution in [2.75, 3.05) is 31.1 Å². The van der Waals surface area contributed by atoms with E-state index in [2.05, 4.69) is 15.0 Å². The molecule has 1 aromatic carbocycles. The highest BCUT2D eigenvalue weighted by molar-refractivity contribution is 7.22. The van der Waals surface area contributed by atoms with Crippen LogP contribution < -0.4 is 16.0 Å². The van der Waals surface area contributed by atoms with Gasteiger partial charge in [0.25, 0.3) is 5.91 Å². The molecule has 2 aromatic rings. The lowest BCUT2D eigenvalue weighted by molar-refractivity contribution is -0.120. The first-order valence-corrected chi connectivity index (χ1v) is 9.70. The number of piperidine rings is 1. The second-order valence-electron chi connectivity index (χ2n) is 6.30. The number of carbonyl (C=O) groups is 2. The van der Waals surface area contributed by atoms with Crippen molar-refractivity contribution < 1.29 is 14.3 Å². The molecule has 140 valence electrons. The highest BCUT2D eigenvalue weighted by atomic mass is 35.5. The van der Waals surface area contributed by atoms with Crippen LogP contribution in [0.2, 0.25) is 5.02 Å². The molecule has 0 spiro atoms. The number of amides is 2. The van der Waals surface area contributed by atoms with Gasteiger partial charge in [-0.15, -0.1) is 0 Å². The molecule has 0 aliphatic carbocycles. The number of thiazole rings is 1. The summed E-state index contributed by atoms with van der Waals surface area (Å²) < 4.78 is 5.76. The maximum absolute atomic E-state index is 11.4. The van der Waals surface area contributed by atoms with Gasteiger partial charge in [-0.25, -0.2) is 9.78 Å². The summed E-state index contributed by atoms with van der Waals surface area (Å²) in [4.78, 5) is 28.9. The van der Waals surface area contributed by atoms with Crippen LogP contribution in [-0.4, -0.2) is 43.2 Å². The van der Waals surface area contributed by atoms with Crippen molar-refractivity contribution in [1.29, 1.82) is 0 Å². The van der Waals surface area contributed by atoms with E-state index in [-0.39, 0.29) is 0 Å². The Morgan fingerprint density at radius 1 is 1.38 bits per heavy atom. The molecule has 1 aromatic heterocycles. The number of ether oxygens (including phenoxy) is 1. The van der Waals surface area contributed by atoms with Crippen molar-refractivity contribution in [3.05, 3.63) is 23.2 Å². The summed E-state index contributed by atoms with van der Waals surface area (Å²) in [6.07, 6.45) is 2.38. The Hall–Kier alpha value is -2.06. The monoisotopic (exact) mass is 396 g/mol. The fraction of sp³-hybridized carbons (Fsp3) is 0.471. The molecule has 1 aliphatic heterocycles. The van der Waals surface area contributed by atoms with Crippen molar-refractivity contribution in [3.63, 3.8) is 0 Å². The lowest BCUT2D eigenvalue weighted by Gasteiger charge is -2.31. The fourth-order valence-electron chi connectivity index (χ4n) is 3.00. The number of nitrogens with zero attached hydrogens (tertiary/aromatic N) is 2. The number of fused-ring (bicyclic) bond motifs is 1. The average Bonchev–Trinajstić information content (AvgIpc) is 3.03. The number of nitrogens with two attached hydrogens (primary N) is 1. The maximum atomic E-state index is 11.4. The largest absolute Gasteiger partial charge is 0.439 e. The van der Waals surface area contributed by atoms with Gasteiger partial charge in [-0.1, -0.05) is 22.9 Å². The van der Waals surface area contributed by atoms with Gasteiger partial charge in [-0.05, 0) is 43.4 Å². The SMILES string of the molecule is NC(=O)COC(=O)NCCC1CCN(c2nc3ccc(Cl)cc3s2)CC1. The van der Waals surface area contributed by atoms with E-state index >= 15 is 0 Å². The van der Waals surface area contributed by atoms with Gasteiger partial charge in [0.1, 0.15) is 0 Å². The molecule has 0 unspecified atom stereocenters. The van der Waals surface area contributed by atoms with E-state index < -0.39 is 18.6 Å². The minimum absolute atomic E-state index is 0.391. The van der Waals surface area contributed by atoms with Crippen molar-refractivity contribution in [2.24, 2.45) is 11.7 Å². The normalized spacial score (nSPS) is 15.2. The molecule has 1 aliphatic rings. The Morgan fingerprint density at radius 2 is 2.15 bits per heavy atom. The highest BCUT2D eigenvalue weighted by Crippen LogP contribution is 2.33. The zero-order valence-corrected chi connectivity index (χ0v) is 15.8. The smallest absolute Gasteiger partial charge is 0.407 e. The van der Waals surface area contributed by atoms with Gasteiger partial charge >= 0.3 is 6.09 Å². The van der Waals surface area contributed by atoms with Crippen molar-refractivity contribution >= 4 is 50.3 Å². The number of aromatic nitrogens is 1. The van der Waals surface area contributed by atoms with E-state index in [0.717, 1.165) is 52.7 Å². The van der Waals surface area contributed by atoms with E-state index in [0.29, 0.717) is 12.5 Å². The van der Waals surface area contributed by atoms with Crippen molar-refractivity contribution in [1.82, 2.24) is 10.3 Å². The molecule has 1 saturated heterocycles. The second kappa shape index (κ2) is 8.55. The molecular formula is C17H21ClN4O3S. The first kappa shape index (κ1) is 18.7. The van der Waals surface area contributed by atoms with E-state index in [4.69, 9.17) is 22.3 Å². The Morgan fingerprint density at radius 3 is 2.88 bits per heavy atom. The zero-order valence-electron chi connectivity index (χ0n) is 14.2. The maximum Gasteiger partial charge on any atom is 0.407 e. The van der Waals surface area contributed by atoms with E-state index in [1.165, 1.54) is 0 Å². The molecule has 0 bridgehead atoms. The Balaban J connectivity index is 1.42. The van der Waals surface area contributed by atoms with Gasteiger partial charge < -0.3 is 20.7 Å². The van der Waals surface area contributed by atoms with Gasteiger partial charge in [-0.3, -0.25) is 4.79 Å². The third-order valence-electron chi connectivity index (χ3n) is 4.39. The number of carbonyl (C=O) groups excluding carboxylic acids is 2. The summed E-state index contributed by atoms with van der Waals surface area (Å²) in [5.41, 5.74) is 5.90. The minimum Gasteiger partial charge on any atom is -0.439 e. The first-order valence-electron chi connectivity index (χ1n) is 8.51. The quantitative estimate of drug-likeness (QED) is 0.782. The summed E-state index contributed by atoms with van der Waals surface area (Å²) in [6.45, 7) is 2.04. The number of hydrogen-bond acceptors (Lipinski definition) is 6. The van der Waals surface area contributed by atoms with Crippen LogP contribution in [0.3, 0.4) is 0 Å². The van der Waals surface area contributed by atoms with Crippen LogP contribution in [0.25, 0.3) is 10.2 Å². The molecule has 26 heavy (non-hydrogen) atoms. The van der Waals surface area contributed by atoms with Gasteiger partial charge in [0.15, 0.2) is 11.7 Å².